The van der Waals surface area contributed by atoms with Crippen LogP contribution in [-0.2, 0) is 14.3 Å². The van der Waals surface area contributed by atoms with E-state index in [-0.39, 0.29) is 17.6 Å². The van der Waals surface area contributed by atoms with Crippen LogP contribution in [0.15, 0.2) is 18.3 Å². The zero-order chi connectivity index (χ0) is 14.7. The molecule has 0 spiro atoms. The fraction of sp³-hybridized carbons (Fsp3) is 0.462. The highest BCUT2D eigenvalue weighted by molar-refractivity contribution is 5.94. The van der Waals surface area contributed by atoms with E-state index < -0.39 is 17.7 Å². The Hall–Kier alpha value is -2.31. The molecule has 1 unspecified atom stereocenters. The summed E-state index contributed by atoms with van der Waals surface area (Å²) in [7, 11) is 1.31. The van der Waals surface area contributed by atoms with Gasteiger partial charge in [-0.15, -0.1) is 0 Å². The van der Waals surface area contributed by atoms with Crippen LogP contribution in [0, 0.1) is 11.8 Å². The lowest BCUT2D eigenvalue weighted by Crippen LogP contribution is -2.36. The smallest absolute Gasteiger partial charge is 0.309 e. The first-order chi connectivity index (χ1) is 9.54. The number of nitrogens with zero attached hydrogens (tertiary/aromatic N) is 1. The molecule has 20 heavy (non-hydrogen) atoms. The van der Waals surface area contributed by atoms with Crippen LogP contribution in [0.4, 0.5) is 0 Å². The van der Waals surface area contributed by atoms with Crippen LogP contribution >= 0.6 is 0 Å². The van der Waals surface area contributed by atoms with Gasteiger partial charge in [-0.1, -0.05) is 6.42 Å². The fourth-order valence-electron chi connectivity index (χ4n) is 2.59. The quantitative estimate of drug-likeness (QED) is 0.771. The average molecular weight is 279 g/mol. The van der Waals surface area contributed by atoms with Gasteiger partial charge in [0.25, 0.3) is 5.91 Å². The van der Waals surface area contributed by atoms with Crippen LogP contribution < -0.4 is 11.2 Å². The van der Waals surface area contributed by atoms with Crippen molar-refractivity contribution in [3.05, 3.63) is 24.0 Å². The lowest BCUT2D eigenvalue weighted by atomic mass is 9.95. The minimum atomic E-state index is -0.633. The summed E-state index contributed by atoms with van der Waals surface area (Å²) in [4.78, 5) is 35.0. The number of hydrogen-bond donors (Lipinski definition) is 2. The number of aromatic nitrogens is 1. The van der Waals surface area contributed by atoms with Crippen LogP contribution in [0.25, 0.3) is 0 Å². The van der Waals surface area contributed by atoms with Crippen molar-refractivity contribution in [3.8, 4) is 0 Å². The number of carbonyl (C=O) groups is 3. The molecule has 0 aromatic carbocycles. The summed E-state index contributed by atoms with van der Waals surface area (Å²) in [6, 6.07) is 3.11. The number of methoxy groups -OCH3 is 1. The molecule has 2 atom stereocenters. The number of nitrogens with one attached hydrogen (secondary N) is 1. The Morgan fingerprint density at radius 1 is 1.35 bits per heavy atom. The third-order valence-electron chi connectivity index (χ3n) is 3.59. The molecule has 1 aliphatic rings. The van der Waals surface area contributed by atoms with Crippen molar-refractivity contribution >= 4 is 17.8 Å². The SMILES string of the molecule is COC(=O)[C@H]1CCCC1C(=O)Nn1cccc1C(N)=O. The van der Waals surface area contributed by atoms with Crippen LogP contribution in [0.2, 0.25) is 0 Å². The van der Waals surface area contributed by atoms with Gasteiger partial charge in [-0.05, 0) is 25.0 Å². The molecule has 108 valence electrons. The van der Waals surface area contributed by atoms with E-state index in [2.05, 4.69) is 5.43 Å². The third kappa shape index (κ3) is 2.66. The van der Waals surface area contributed by atoms with Crippen molar-refractivity contribution in [1.29, 1.82) is 0 Å². The number of amides is 2. The molecule has 7 nitrogen and oxygen atoms in total. The van der Waals surface area contributed by atoms with E-state index >= 15 is 0 Å². The molecule has 0 saturated heterocycles. The van der Waals surface area contributed by atoms with E-state index in [1.54, 1.807) is 6.07 Å². The van der Waals surface area contributed by atoms with Gasteiger partial charge in [0.05, 0.1) is 18.9 Å². The number of esters is 1. The fourth-order valence-corrected chi connectivity index (χ4v) is 2.59. The summed E-state index contributed by atoms with van der Waals surface area (Å²) in [5, 5.41) is 0. The molecule has 1 fully saturated rings. The van der Waals surface area contributed by atoms with Crippen molar-refractivity contribution < 1.29 is 19.1 Å². The lowest BCUT2D eigenvalue weighted by Gasteiger charge is -2.18. The number of ether oxygens (including phenoxy) is 1. The normalized spacial score (nSPS) is 21.4. The summed E-state index contributed by atoms with van der Waals surface area (Å²) >= 11 is 0. The maximum atomic E-state index is 12.2. The van der Waals surface area contributed by atoms with E-state index in [1.807, 2.05) is 0 Å². The zero-order valence-electron chi connectivity index (χ0n) is 11.2. The van der Waals surface area contributed by atoms with Crippen LogP contribution in [0.3, 0.4) is 0 Å². The Balaban J connectivity index is 2.10. The Labute approximate surface area is 116 Å². The summed E-state index contributed by atoms with van der Waals surface area (Å²) < 4.78 is 5.99. The number of carbonyl (C=O) groups excluding carboxylic acids is 3. The number of primary amides is 1. The minimum absolute atomic E-state index is 0.186. The topological polar surface area (TPSA) is 103 Å². The summed E-state index contributed by atoms with van der Waals surface area (Å²) in [5.74, 6) is -2.17. The predicted octanol–water partition coefficient (Wildman–Crippen LogP) is 0.246. The van der Waals surface area contributed by atoms with Crippen molar-refractivity contribution in [3.63, 3.8) is 0 Å². The second-order valence-corrected chi connectivity index (χ2v) is 4.77. The van der Waals surface area contributed by atoms with Gasteiger partial charge in [0, 0.05) is 6.20 Å². The molecule has 0 aliphatic heterocycles. The first kappa shape index (κ1) is 14.1. The number of rotatable bonds is 4. The molecular weight excluding hydrogens is 262 g/mol. The van der Waals surface area contributed by atoms with E-state index in [0.29, 0.717) is 12.8 Å². The van der Waals surface area contributed by atoms with Gasteiger partial charge in [0.2, 0.25) is 5.91 Å². The molecule has 1 heterocycles. The molecule has 1 aromatic rings. The first-order valence-corrected chi connectivity index (χ1v) is 6.40. The molecule has 0 radical (unpaired) electrons. The predicted molar refractivity (Wildman–Crippen MR) is 70.2 cm³/mol. The lowest BCUT2D eigenvalue weighted by molar-refractivity contribution is -0.148. The van der Waals surface area contributed by atoms with Crippen LogP contribution in [-0.4, -0.2) is 29.6 Å². The highest BCUT2D eigenvalue weighted by atomic mass is 16.5. The molecule has 1 saturated carbocycles. The van der Waals surface area contributed by atoms with Crippen molar-refractivity contribution in [1.82, 2.24) is 4.68 Å². The van der Waals surface area contributed by atoms with E-state index in [4.69, 9.17) is 10.5 Å². The molecule has 3 N–H and O–H groups in total. The van der Waals surface area contributed by atoms with E-state index in [0.717, 1.165) is 6.42 Å². The standard InChI is InChI=1S/C13H17N3O4/c1-20-13(19)9-5-2-4-8(9)12(18)15-16-7-3-6-10(16)11(14)17/h3,6-9H,2,4-5H2,1H3,(H2,14,17)(H,15,18)/t8?,9-/m0/s1. The Morgan fingerprint density at radius 3 is 2.70 bits per heavy atom. The Bertz CT molecular complexity index is 537. The number of hydrogen-bond acceptors (Lipinski definition) is 4. The molecule has 2 rings (SSSR count). The van der Waals surface area contributed by atoms with E-state index in [1.165, 1.54) is 24.0 Å². The van der Waals surface area contributed by atoms with E-state index in [9.17, 15) is 14.4 Å². The molecule has 1 aliphatic carbocycles. The van der Waals surface area contributed by atoms with Crippen LogP contribution in [0.5, 0.6) is 0 Å². The second kappa shape index (κ2) is 5.77. The molecule has 1 aromatic heterocycles. The van der Waals surface area contributed by atoms with Gasteiger partial charge in [0.15, 0.2) is 0 Å². The maximum Gasteiger partial charge on any atom is 0.309 e. The molecule has 7 heteroatoms. The largest absolute Gasteiger partial charge is 0.469 e. The Morgan fingerprint density at radius 2 is 2.05 bits per heavy atom. The maximum absolute atomic E-state index is 12.2. The zero-order valence-corrected chi connectivity index (χ0v) is 11.2. The first-order valence-electron chi connectivity index (χ1n) is 6.40. The summed E-state index contributed by atoms with van der Waals surface area (Å²) in [6.45, 7) is 0. The Kier molecular flexibility index (Phi) is 4.07. The average Bonchev–Trinajstić information content (AvgIpc) is 3.05. The van der Waals surface area contributed by atoms with Crippen LogP contribution in [0.1, 0.15) is 29.8 Å². The van der Waals surface area contributed by atoms with Gasteiger partial charge in [0.1, 0.15) is 5.69 Å². The van der Waals surface area contributed by atoms with Gasteiger partial charge < -0.3 is 10.5 Å². The second-order valence-electron chi connectivity index (χ2n) is 4.77. The number of nitrogens with two attached hydrogens (primary N) is 1. The summed E-state index contributed by atoms with van der Waals surface area (Å²) in [6.07, 6.45) is 3.59. The molecule has 2 amide bonds. The van der Waals surface area contributed by atoms with Gasteiger partial charge in [-0.2, -0.15) is 0 Å². The van der Waals surface area contributed by atoms with Crippen molar-refractivity contribution in [2.24, 2.45) is 17.6 Å². The van der Waals surface area contributed by atoms with Gasteiger partial charge in [-0.25, -0.2) is 0 Å². The highest BCUT2D eigenvalue weighted by Gasteiger charge is 2.38. The van der Waals surface area contributed by atoms with Gasteiger partial charge in [-0.3, -0.25) is 24.5 Å². The third-order valence-corrected chi connectivity index (χ3v) is 3.59. The molecule has 0 bridgehead atoms. The van der Waals surface area contributed by atoms with Crippen molar-refractivity contribution in [2.75, 3.05) is 12.5 Å². The highest BCUT2D eigenvalue weighted by Crippen LogP contribution is 2.32. The summed E-state index contributed by atoms with van der Waals surface area (Å²) in [5.41, 5.74) is 7.98. The monoisotopic (exact) mass is 279 g/mol. The van der Waals surface area contributed by atoms with Crippen molar-refractivity contribution in [2.45, 2.75) is 19.3 Å². The minimum Gasteiger partial charge on any atom is -0.469 e. The molecular formula is C13H17N3O4. The van der Waals surface area contributed by atoms with Gasteiger partial charge >= 0.3 is 5.97 Å².